The summed E-state index contributed by atoms with van der Waals surface area (Å²) in [5, 5.41) is 4.77. The standard InChI is InChI=1S/C12H12F2N2OS/c1-7(10-3-2-8(13)4-11(10)14)15-5-9-6-18-12(17)16-9/h2-4,6-7,15H,5H2,1H3,(H,16,17). The Morgan fingerprint density at radius 1 is 1.44 bits per heavy atom. The molecular weight excluding hydrogens is 258 g/mol. The number of hydrogen-bond acceptors (Lipinski definition) is 3. The number of H-pyrrole nitrogens is 1. The van der Waals surface area contributed by atoms with Gasteiger partial charge in [0.2, 0.25) is 0 Å². The summed E-state index contributed by atoms with van der Waals surface area (Å²) >= 11 is 1.08. The summed E-state index contributed by atoms with van der Waals surface area (Å²) in [4.78, 5) is 13.5. The van der Waals surface area contributed by atoms with Gasteiger partial charge >= 0.3 is 4.87 Å². The molecule has 0 fully saturated rings. The van der Waals surface area contributed by atoms with Crippen LogP contribution < -0.4 is 10.2 Å². The topological polar surface area (TPSA) is 44.9 Å². The zero-order chi connectivity index (χ0) is 13.1. The van der Waals surface area contributed by atoms with Crippen molar-refractivity contribution in [3.05, 3.63) is 56.1 Å². The van der Waals surface area contributed by atoms with E-state index >= 15 is 0 Å². The minimum Gasteiger partial charge on any atom is -0.315 e. The molecule has 1 aromatic carbocycles. The van der Waals surface area contributed by atoms with E-state index < -0.39 is 11.6 Å². The van der Waals surface area contributed by atoms with Gasteiger partial charge in [0.1, 0.15) is 11.6 Å². The minimum atomic E-state index is -0.592. The number of aromatic amines is 1. The van der Waals surface area contributed by atoms with E-state index in [1.54, 1.807) is 12.3 Å². The molecule has 6 heteroatoms. The van der Waals surface area contributed by atoms with Crippen molar-refractivity contribution in [2.45, 2.75) is 19.5 Å². The number of halogens is 2. The lowest BCUT2D eigenvalue weighted by molar-refractivity contribution is 0.515. The van der Waals surface area contributed by atoms with Gasteiger partial charge in [0, 0.05) is 35.3 Å². The molecule has 0 aliphatic carbocycles. The van der Waals surface area contributed by atoms with Gasteiger partial charge in [-0.3, -0.25) is 4.79 Å². The normalized spacial score (nSPS) is 12.6. The smallest absolute Gasteiger partial charge is 0.304 e. The molecule has 3 nitrogen and oxygen atoms in total. The van der Waals surface area contributed by atoms with Crippen LogP contribution in [-0.4, -0.2) is 4.98 Å². The Balaban J connectivity index is 2.03. The third-order valence-electron chi connectivity index (χ3n) is 2.60. The summed E-state index contributed by atoms with van der Waals surface area (Å²) in [5.41, 5.74) is 1.15. The summed E-state index contributed by atoms with van der Waals surface area (Å²) in [6, 6.07) is 3.23. The van der Waals surface area contributed by atoms with Gasteiger partial charge in [0.15, 0.2) is 0 Å². The van der Waals surface area contributed by atoms with Crippen LogP contribution in [0.25, 0.3) is 0 Å². The molecule has 96 valence electrons. The SMILES string of the molecule is CC(NCc1csc(=O)[nH]1)c1ccc(F)cc1F. The maximum absolute atomic E-state index is 13.5. The van der Waals surface area contributed by atoms with Crippen molar-refractivity contribution in [3.8, 4) is 0 Å². The largest absolute Gasteiger partial charge is 0.315 e. The Kier molecular flexibility index (Phi) is 3.88. The van der Waals surface area contributed by atoms with Gasteiger partial charge in [0.05, 0.1) is 0 Å². The first-order chi connectivity index (χ1) is 8.56. The number of rotatable bonds is 4. The van der Waals surface area contributed by atoms with Crippen LogP contribution in [0, 0.1) is 11.6 Å². The molecule has 1 unspecified atom stereocenters. The van der Waals surface area contributed by atoms with E-state index in [0.717, 1.165) is 23.1 Å². The minimum absolute atomic E-state index is 0.118. The second kappa shape index (κ2) is 5.41. The highest BCUT2D eigenvalue weighted by molar-refractivity contribution is 7.07. The van der Waals surface area contributed by atoms with Crippen molar-refractivity contribution in [3.63, 3.8) is 0 Å². The molecular formula is C12H12F2N2OS. The zero-order valence-corrected chi connectivity index (χ0v) is 10.5. The number of benzene rings is 1. The highest BCUT2D eigenvalue weighted by Gasteiger charge is 2.11. The highest BCUT2D eigenvalue weighted by Crippen LogP contribution is 2.17. The van der Waals surface area contributed by atoms with Crippen LogP contribution >= 0.6 is 11.3 Å². The fourth-order valence-corrected chi connectivity index (χ4v) is 2.21. The summed E-state index contributed by atoms with van der Waals surface area (Å²) in [5.74, 6) is -1.17. The Labute approximate surface area is 106 Å². The first-order valence-electron chi connectivity index (χ1n) is 5.41. The van der Waals surface area contributed by atoms with E-state index in [9.17, 15) is 13.6 Å². The molecule has 1 heterocycles. The third kappa shape index (κ3) is 3.02. The molecule has 2 rings (SSSR count). The van der Waals surface area contributed by atoms with Crippen LogP contribution in [0.3, 0.4) is 0 Å². The van der Waals surface area contributed by atoms with Crippen molar-refractivity contribution >= 4 is 11.3 Å². The van der Waals surface area contributed by atoms with Crippen LogP contribution in [0.1, 0.15) is 24.2 Å². The zero-order valence-electron chi connectivity index (χ0n) is 9.67. The summed E-state index contributed by atoms with van der Waals surface area (Å²) in [6.45, 7) is 2.21. The van der Waals surface area contributed by atoms with Gasteiger partial charge in [-0.15, -0.1) is 0 Å². The molecule has 2 aromatic rings. The maximum atomic E-state index is 13.5. The Morgan fingerprint density at radius 3 is 2.83 bits per heavy atom. The van der Waals surface area contributed by atoms with Crippen LogP contribution in [0.5, 0.6) is 0 Å². The maximum Gasteiger partial charge on any atom is 0.304 e. The average molecular weight is 270 g/mol. The molecule has 1 atom stereocenters. The monoisotopic (exact) mass is 270 g/mol. The number of hydrogen-bond donors (Lipinski definition) is 2. The van der Waals surface area contributed by atoms with E-state index in [1.807, 2.05) is 0 Å². The molecule has 0 bridgehead atoms. The predicted octanol–water partition coefficient (Wildman–Crippen LogP) is 2.57. The van der Waals surface area contributed by atoms with E-state index in [4.69, 9.17) is 0 Å². The van der Waals surface area contributed by atoms with E-state index in [0.29, 0.717) is 12.1 Å². The average Bonchev–Trinajstić information content (AvgIpc) is 2.72. The number of aromatic nitrogens is 1. The van der Waals surface area contributed by atoms with E-state index in [-0.39, 0.29) is 10.9 Å². The highest BCUT2D eigenvalue weighted by atomic mass is 32.1. The van der Waals surface area contributed by atoms with Gasteiger partial charge in [-0.05, 0) is 13.0 Å². The first-order valence-corrected chi connectivity index (χ1v) is 6.29. The fourth-order valence-electron chi connectivity index (χ4n) is 1.63. The van der Waals surface area contributed by atoms with Crippen LogP contribution in [0.15, 0.2) is 28.4 Å². The van der Waals surface area contributed by atoms with E-state index in [1.165, 1.54) is 12.1 Å². The number of thiazole rings is 1. The quantitative estimate of drug-likeness (QED) is 0.897. The van der Waals surface area contributed by atoms with Gasteiger partial charge in [-0.1, -0.05) is 17.4 Å². The molecule has 18 heavy (non-hydrogen) atoms. The summed E-state index contributed by atoms with van der Waals surface area (Å²) in [7, 11) is 0. The summed E-state index contributed by atoms with van der Waals surface area (Å²) < 4.78 is 26.3. The van der Waals surface area contributed by atoms with Crippen LogP contribution in [-0.2, 0) is 6.54 Å². The second-order valence-electron chi connectivity index (χ2n) is 3.94. The van der Waals surface area contributed by atoms with Gasteiger partial charge in [-0.2, -0.15) is 0 Å². The molecule has 0 amide bonds. The Bertz CT molecular complexity index is 594. The Hall–Kier alpha value is -1.53. The molecule has 2 N–H and O–H groups in total. The molecule has 0 aliphatic rings. The molecule has 1 aromatic heterocycles. The van der Waals surface area contributed by atoms with Crippen molar-refractivity contribution in [1.82, 2.24) is 10.3 Å². The molecule has 0 aliphatic heterocycles. The van der Waals surface area contributed by atoms with Gasteiger partial charge < -0.3 is 10.3 Å². The molecule has 0 spiro atoms. The van der Waals surface area contributed by atoms with Crippen LogP contribution in [0.2, 0.25) is 0 Å². The van der Waals surface area contributed by atoms with Crippen LogP contribution in [0.4, 0.5) is 8.78 Å². The first kappa shape index (κ1) is 12.9. The number of nitrogens with one attached hydrogen (secondary N) is 2. The van der Waals surface area contributed by atoms with E-state index in [2.05, 4.69) is 10.3 Å². The molecule has 0 saturated carbocycles. The molecule has 0 saturated heterocycles. The lowest BCUT2D eigenvalue weighted by Crippen LogP contribution is -2.19. The fraction of sp³-hybridized carbons (Fsp3) is 0.250. The van der Waals surface area contributed by atoms with Crippen molar-refractivity contribution in [2.24, 2.45) is 0 Å². The predicted molar refractivity (Wildman–Crippen MR) is 66.6 cm³/mol. The van der Waals surface area contributed by atoms with Crippen molar-refractivity contribution in [2.75, 3.05) is 0 Å². The lowest BCUT2D eigenvalue weighted by atomic mass is 10.1. The van der Waals surface area contributed by atoms with Gasteiger partial charge in [0.25, 0.3) is 0 Å². The second-order valence-corrected chi connectivity index (χ2v) is 4.78. The van der Waals surface area contributed by atoms with Crippen molar-refractivity contribution < 1.29 is 8.78 Å². The molecule has 0 radical (unpaired) electrons. The third-order valence-corrected chi connectivity index (χ3v) is 3.32. The summed E-state index contributed by atoms with van der Waals surface area (Å²) in [6.07, 6.45) is 0. The van der Waals surface area contributed by atoms with Gasteiger partial charge in [-0.25, -0.2) is 8.78 Å². The Morgan fingerprint density at radius 2 is 2.22 bits per heavy atom. The van der Waals surface area contributed by atoms with Crippen molar-refractivity contribution in [1.29, 1.82) is 0 Å². The lowest BCUT2D eigenvalue weighted by Gasteiger charge is -2.14.